The Morgan fingerprint density at radius 2 is 1.53 bits per heavy atom. The number of piperazine rings is 1. The van der Waals surface area contributed by atoms with E-state index in [1.165, 1.54) is 0 Å². The van der Waals surface area contributed by atoms with Crippen LogP contribution in [0.25, 0.3) is 28.2 Å². The predicted octanol–water partition coefficient (Wildman–Crippen LogP) is 4.48. The van der Waals surface area contributed by atoms with E-state index in [4.69, 9.17) is 9.97 Å². The molecule has 1 aliphatic heterocycles. The van der Waals surface area contributed by atoms with Gasteiger partial charge in [-0.1, -0.05) is 60.7 Å². The molecular weight excluding hydrogens is 474 g/mol. The van der Waals surface area contributed by atoms with Crippen LogP contribution in [0, 0.1) is 0 Å². The van der Waals surface area contributed by atoms with E-state index >= 15 is 0 Å². The van der Waals surface area contributed by atoms with E-state index in [9.17, 15) is 4.79 Å². The van der Waals surface area contributed by atoms with Gasteiger partial charge in [-0.25, -0.2) is 15.0 Å². The number of benzene rings is 3. The molecule has 5 aromatic rings. The summed E-state index contributed by atoms with van der Waals surface area (Å²) in [5.41, 5.74) is 5.06. The van der Waals surface area contributed by atoms with E-state index in [0.29, 0.717) is 34.9 Å². The van der Waals surface area contributed by atoms with Crippen molar-refractivity contribution in [3.63, 3.8) is 0 Å². The van der Waals surface area contributed by atoms with Crippen LogP contribution in [0.15, 0.2) is 91.3 Å². The molecule has 8 nitrogen and oxygen atoms in total. The summed E-state index contributed by atoms with van der Waals surface area (Å²) >= 11 is 0. The number of hydrogen-bond donors (Lipinski definition) is 1. The van der Waals surface area contributed by atoms with Crippen molar-refractivity contribution in [3.8, 4) is 17.1 Å². The highest BCUT2D eigenvalue weighted by Crippen LogP contribution is 2.27. The fraction of sp³-hybridized carbons (Fsp3) is 0.200. The second kappa shape index (κ2) is 10.4. The number of nitrogens with one attached hydrogen (secondary N) is 1. The molecule has 190 valence electrons. The molecule has 1 aliphatic rings. The highest BCUT2D eigenvalue weighted by atomic mass is 16.2. The first-order valence-electron chi connectivity index (χ1n) is 12.8. The number of rotatable bonds is 6. The zero-order chi connectivity index (χ0) is 25.9. The maximum atomic E-state index is 13.0. The summed E-state index contributed by atoms with van der Waals surface area (Å²) < 4.78 is 1.97. The first-order chi connectivity index (χ1) is 18.7. The summed E-state index contributed by atoms with van der Waals surface area (Å²) in [5.74, 6) is 1.30. The minimum Gasteiger partial charge on any atom is -0.364 e. The summed E-state index contributed by atoms with van der Waals surface area (Å²) in [7, 11) is 2.08. The first kappa shape index (κ1) is 23.8. The molecule has 0 spiro atoms. The van der Waals surface area contributed by atoms with Crippen LogP contribution in [0.2, 0.25) is 0 Å². The van der Waals surface area contributed by atoms with Gasteiger partial charge >= 0.3 is 0 Å². The van der Waals surface area contributed by atoms with Crippen molar-refractivity contribution in [3.05, 3.63) is 102 Å². The second-order valence-electron chi connectivity index (χ2n) is 9.53. The lowest BCUT2D eigenvalue weighted by Crippen LogP contribution is -2.47. The predicted molar refractivity (Wildman–Crippen MR) is 149 cm³/mol. The monoisotopic (exact) mass is 503 g/mol. The number of aromatic nitrogens is 4. The van der Waals surface area contributed by atoms with Gasteiger partial charge < -0.3 is 15.1 Å². The normalized spacial score (nSPS) is 14.1. The fourth-order valence-electron chi connectivity index (χ4n) is 4.67. The second-order valence-corrected chi connectivity index (χ2v) is 9.53. The minimum absolute atomic E-state index is 0.0633. The zero-order valence-corrected chi connectivity index (χ0v) is 21.3. The summed E-state index contributed by atoms with van der Waals surface area (Å²) in [4.78, 5) is 31.6. The first-order valence-corrected chi connectivity index (χ1v) is 12.8. The quantitative estimate of drug-likeness (QED) is 0.368. The number of imidazole rings is 1. The number of nitrogens with zero attached hydrogens (tertiary/aromatic N) is 6. The molecule has 0 atom stereocenters. The molecule has 1 N–H and O–H groups in total. The van der Waals surface area contributed by atoms with Crippen molar-refractivity contribution in [1.29, 1.82) is 0 Å². The van der Waals surface area contributed by atoms with Gasteiger partial charge in [-0.2, -0.15) is 0 Å². The SMILES string of the molecule is CN1CCN(C(=O)c2ccc(-c3nc(NCc4ccccc4)c4ncn(-c5ccccc5)c4n3)cc2)CC1. The molecule has 0 bridgehead atoms. The van der Waals surface area contributed by atoms with Crippen LogP contribution in [0.5, 0.6) is 0 Å². The van der Waals surface area contributed by atoms with Crippen molar-refractivity contribution < 1.29 is 4.79 Å². The van der Waals surface area contributed by atoms with E-state index in [-0.39, 0.29) is 5.91 Å². The number of fused-ring (bicyclic) bond motifs is 1. The standard InChI is InChI=1S/C30H29N7O/c1-35-16-18-36(19-17-35)30(38)24-14-12-23(13-15-24)27-33-28(31-20-22-8-4-2-5-9-22)26-29(34-27)37(21-32-26)25-10-6-3-7-11-25/h2-15,21H,16-20H2,1H3,(H,31,33,34). The van der Waals surface area contributed by atoms with Crippen LogP contribution < -0.4 is 5.32 Å². The molecule has 3 heterocycles. The molecule has 38 heavy (non-hydrogen) atoms. The topological polar surface area (TPSA) is 79.2 Å². The summed E-state index contributed by atoms with van der Waals surface area (Å²) in [6, 6.07) is 27.8. The Morgan fingerprint density at radius 1 is 0.842 bits per heavy atom. The summed E-state index contributed by atoms with van der Waals surface area (Å²) in [6.45, 7) is 3.90. The third kappa shape index (κ3) is 4.86. The lowest BCUT2D eigenvalue weighted by atomic mass is 10.1. The average molecular weight is 504 g/mol. The van der Waals surface area contributed by atoms with Crippen molar-refractivity contribution >= 4 is 22.9 Å². The van der Waals surface area contributed by atoms with E-state index in [2.05, 4.69) is 34.4 Å². The maximum Gasteiger partial charge on any atom is 0.253 e. The van der Waals surface area contributed by atoms with Crippen LogP contribution in [0.3, 0.4) is 0 Å². The molecule has 0 unspecified atom stereocenters. The molecule has 0 saturated carbocycles. The van der Waals surface area contributed by atoms with Crippen LogP contribution in [0.1, 0.15) is 15.9 Å². The summed E-state index contributed by atoms with van der Waals surface area (Å²) in [5, 5.41) is 3.46. The molecule has 0 radical (unpaired) electrons. The minimum atomic E-state index is 0.0633. The highest BCUT2D eigenvalue weighted by molar-refractivity contribution is 5.95. The van der Waals surface area contributed by atoms with Crippen molar-refractivity contribution in [2.75, 3.05) is 38.5 Å². The molecule has 3 aromatic carbocycles. The lowest BCUT2D eigenvalue weighted by Gasteiger charge is -2.32. The Morgan fingerprint density at radius 3 is 2.24 bits per heavy atom. The molecule has 1 saturated heterocycles. The van der Waals surface area contributed by atoms with Crippen LogP contribution in [0.4, 0.5) is 5.82 Å². The van der Waals surface area contributed by atoms with E-state index in [1.54, 1.807) is 6.33 Å². The Hall–Kier alpha value is -4.56. The molecule has 0 aliphatic carbocycles. The van der Waals surface area contributed by atoms with Gasteiger partial charge in [-0.15, -0.1) is 0 Å². The van der Waals surface area contributed by atoms with Crippen molar-refractivity contribution in [2.45, 2.75) is 6.54 Å². The third-order valence-corrected chi connectivity index (χ3v) is 6.91. The molecule has 2 aromatic heterocycles. The van der Waals surface area contributed by atoms with Gasteiger partial charge in [0, 0.05) is 49.5 Å². The van der Waals surface area contributed by atoms with Gasteiger partial charge in [0.05, 0.1) is 0 Å². The van der Waals surface area contributed by atoms with Gasteiger partial charge in [0.15, 0.2) is 22.8 Å². The number of para-hydroxylation sites is 1. The molecular formula is C30H29N7O. The van der Waals surface area contributed by atoms with E-state index in [0.717, 1.165) is 43.0 Å². The number of amides is 1. The van der Waals surface area contributed by atoms with Crippen molar-refractivity contribution in [2.24, 2.45) is 0 Å². The van der Waals surface area contributed by atoms with Crippen LogP contribution in [-0.2, 0) is 6.54 Å². The molecule has 6 rings (SSSR count). The highest BCUT2D eigenvalue weighted by Gasteiger charge is 2.21. The number of likely N-dealkylation sites (N-methyl/N-ethyl adjacent to an activating group) is 1. The van der Waals surface area contributed by atoms with Gasteiger partial charge in [-0.3, -0.25) is 9.36 Å². The van der Waals surface area contributed by atoms with Gasteiger partial charge in [0.25, 0.3) is 5.91 Å². The third-order valence-electron chi connectivity index (χ3n) is 6.91. The molecule has 8 heteroatoms. The Balaban J connectivity index is 1.35. The molecule has 1 fully saturated rings. The average Bonchev–Trinajstić information content (AvgIpc) is 3.41. The smallest absolute Gasteiger partial charge is 0.253 e. The number of hydrogen-bond acceptors (Lipinski definition) is 6. The maximum absolute atomic E-state index is 13.0. The lowest BCUT2D eigenvalue weighted by molar-refractivity contribution is 0.0664. The van der Waals surface area contributed by atoms with E-state index < -0.39 is 0 Å². The number of anilines is 1. The number of carbonyl (C=O) groups excluding carboxylic acids is 1. The fourth-order valence-corrected chi connectivity index (χ4v) is 4.67. The van der Waals surface area contributed by atoms with Crippen LogP contribution in [-0.4, -0.2) is 68.5 Å². The van der Waals surface area contributed by atoms with Crippen LogP contribution >= 0.6 is 0 Å². The van der Waals surface area contributed by atoms with Gasteiger partial charge in [0.2, 0.25) is 0 Å². The Labute approximate surface area is 221 Å². The van der Waals surface area contributed by atoms with Crippen molar-refractivity contribution in [1.82, 2.24) is 29.3 Å². The number of carbonyl (C=O) groups is 1. The van der Waals surface area contributed by atoms with Gasteiger partial charge in [0.1, 0.15) is 6.33 Å². The Bertz CT molecular complexity index is 1540. The zero-order valence-electron chi connectivity index (χ0n) is 21.3. The largest absolute Gasteiger partial charge is 0.364 e. The van der Waals surface area contributed by atoms with E-state index in [1.807, 2.05) is 82.3 Å². The van der Waals surface area contributed by atoms with Gasteiger partial charge in [-0.05, 0) is 36.9 Å². The molecule has 1 amide bonds. The summed E-state index contributed by atoms with van der Waals surface area (Å²) in [6.07, 6.45) is 1.78. The Kier molecular flexibility index (Phi) is 6.54.